The number of hydrogen-bond donors (Lipinski definition) is 1. The Balaban J connectivity index is 1.95. The van der Waals surface area contributed by atoms with Crippen LogP contribution in [0.1, 0.15) is 45.1 Å². The van der Waals surface area contributed by atoms with Crippen LogP contribution in [0.3, 0.4) is 0 Å². The van der Waals surface area contributed by atoms with Gasteiger partial charge in [-0.05, 0) is 32.9 Å². The first-order chi connectivity index (χ1) is 11.3. The lowest BCUT2D eigenvalue weighted by Crippen LogP contribution is -2.30. The Hall–Kier alpha value is -2.22. The maximum atomic E-state index is 12.2. The summed E-state index contributed by atoms with van der Waals surface area (Å²) in [5, 5.41) is 10.7. The van der Waals surface area contributed by atoms with Crippen LogP contribution < -0.4 is 5.32 Å². The second-order valence-corrected chi connectivity index (χ2v) is 7.97. The van der Waals surface area contributed by atoms with Crippen molar-refractivity contribution in [3.8, 4) is 0 Å². The largest absolute Gasteiger partial charge is 0.346 e. The molecular weight excluding hydrogens is 328 g/mol. The molecule has 1 atom stereocenters. The van der Waals surface area contributed by atoms with Crippen molar-refractivity contribution in [2.75, 3.05) is 5.75 Å². The van der Waals surface area contributed by atoms with Crippen molar-refractivity contribution in [2.24, 2.45) is 0 Å². The first kappa shape index (κ1) is 18.1. The fraction of sp³-hybridized carbons (Fsp3) is 0.438. The summed E-state index contributed by atoms with van der Waals surface area (Å²) >= 11 is 0. The molecule has 8 heteroatoms. The molecule has 0 bridgehead atoms. The van der Waals surface area contributed by atoms with E-state index in [9.17, 15) is 13.2 Å². The van der Waals surface area contributed by atoms with Crippen molar-refractivity contribution in [1.29, 1.82) is 0 Å². The summed E-state index contributed by atoms with van der Waals surface area (Å²) in [5.41, 5.74) is 0. The van der Waals surface area contributed by atoms with E-state index in [1.165, 1.54) is 12.1 Å². The van der Waals surface area contributed by atoms with E-state index in [0.29, 0.717) is 5.82 Å². The Bertz CT molecular complexity index is 785. The lowest BCUT2D eigenvalue weighted by Gasteiger charge is -2.16. The highest BCUT2D eigenvalue weighted by Crippen LogP contribution is 2.15. The van der Waals surface area contributed by atoms with Crippen molar-refractivity contribution < 1.29 is 13.2 Å². The second kappa shape index (κ2) is 7.57. The molecule has 1 aromatic carbocycles. The Morgan fingerprint density at radius 2 is 1.88 bits per heavy atom. The van der Waals surface area contributed by atoms with Gasteiger partial charge in [0.05, 0.1) is 16.7 Å². The molecule has 0 fully saturated rings. The normalized spacial score (nSPS) is 13.0. The average Bonchev–Trinajstić information content (AvgIpc) is 3.04. The quantitative estimate of drug-likeness (QED) is 0.823. The predicted octanol–water partition coefficient (Wildman–Crippen LogP) is 1.90. The first-order valence-corrected chi connectivity index (χ1v) is 9.43. The monoisotopic (exact) mass is 350 g/mol. The molecule has 0 aliphatic rings. The van der Waals surface area contributed by atoms with Crippen LogP contribution >= 0.6 is 0 Å². The van der Waals surface area contributed by atoms with E-state index >= 15 is 0 Å². The van der Waals surface area contributed by atoms with Crippen LogP contribution in [0.25, 0.3) is 0 Å². The highest BCUT2D eigenvalue weighted by Gasteiger charge is 2.20. The Kier molecular flexibility index (Phi) is 5.71. The summed E-state index contributed by atoms with van der Waals surface area (Å²) in [6, 6.07) is 7.96. The molecule has 1 N–H and O–H groups in total. The van der Waals surface area contributed by atoms with Crippen molar-refractivity contribution in [3.05, 3.63) is 42.5 Å². The van der Waals surface area contributed by atoms with Gasteiger partial charge >= 0.3 is 0 Å². The maximum Gasteiger partial charge on any atom is 0.221 e. The third-order valence-electron chi connectivity index (χ3n) is 3.62. The zero-order chi connectivity index (χ0) is 17.7. The van der Waals surface area contributed by atoms with Crippen LogP contribution in [-0.4, -0.2) is 34.8 Å². The fourth-order valence-electron chi connectivity index (χ4n) is 2.31. The van der Waals surface area contributed by atoms with Gasteiger partial charge in [-0.3, -0.25) is 4.79 Å². The highest BCUT2D eigenvalue weighted by molar-refractivity contribution is 7.91. The van der Waals surface area contributed by atoms with E-state index in [1.54, 1.807) is 31.5 Å². The van der Waals surface area contributed by atoms with Crippen LogP contribution in [0.15, 0.2) is 41.6 Å². The number of hydrogen-bond acceptors (Lipinski definition) is 5. The average molecular weight is 350 g/mol. The van der Waals surface area contributed by atoms with Gasteiger partial charge in [-0.2, -0.15) is 0 Å². The number of carbonyl (C=O) groups is 1. The number of nitrogens with one attached hydrogen (secondary N) is 1. The zero-order valence-electron chi connectivity index (χ0n) is 14.0. The summed E-state index contributed by atoms with van der Waals surface area (Å²) in [6.45, 7) is 5.79. The minimum atomic E-state index is -3.46. The van der Waals surface area contributed by atoms with Gasteiger partial charge in [0.2, 0.25) is 5.91 Å². The Morgan fingerprint density at radius 1 is 1.21 bits per heavy atom. The van der Waals surface area contributed by atoms with Gasteiger partial charge in [0.1, 0.15) is 6.33 Å². The first-order valence-electron chi connectivity index (χ1n) is 7.78. The lowest BCUT2D eigenvalue weighted by molar-refractivity contribution is -0.121. The van der Waals surface area contributed by atoms with Crippen LogP contribution in [0.5, 0.6) is 0 Å². The molecule has 0 aliphatic heterocycles. The number of sulfone groups is 1. The van der Waals surface area contributed by atoms with Gasteiger partial charge in [0.25, 0.3) is 0 Å². The Morgan fingerprint density at radius 3 is 2.50 bits per heavy atom. The molecule has 0 unspecified atom stereocenters. The molecule has 7 nitrogen and oxygen atoms in total. The van der Waals surface area contributed by atoms with E-state index in [0.717, 1.165) is 0 Å². The second-order valence-electron chi connectivity index (χ2n) is 5.86. The van der Waals surface area contributed by atoms with Gasteiger partial charge in [-0.15, -0.1) is 10.2 Å². The van der Waals surface area contributed by atoms with Gasteiger partial charge in [-0.1, -0.05) is 18.2 Å². The minimum Gasteiger partial charge on any atom is -0.346 e. The van der Waals surface area contributed by atoms with Gasteiger partial charge in [-0.25, -0.2) is 8.42 Å². The van der Waals surface area contributed by atoms with Crippen LogP contribution in [-0.2, 0) is 14.6 Å². The fourth-order valence-corrected chi connectivity index (χ4v) is 3.57. The summed E-state index contributed by atoms with van der Waals surface area (Å²) in [6.07, 6.45) is 1.51. The molecule has 0 saturated carbocycles. The summed E-state index contributed by atoms with van der Waals surface area (Å²) in [4.78, 5) is 12.3. The number of aromatic nitrogens is 3. The van der Waals surface area contributed by atoms with Crippen molar-refractivity contribution >= 4 is 15.7 Å². The molecule has 24 heavy (non-hydrogen) atoms. The summed E-state index contributed by atoms with van der Waals surface area (Å²) in [5.74, 6) is 0.0801. The minimum absolute atomic E-state index is 0.0998. The standard InChI is InChI=1S/C16H22N4O3S/c1-12(2)20-11-17-19-16(20)13(3)18-15(21)9-10-24(22,23)14-7-5-4-6-8-14/h4-8,11-13H,9-10H2,1-3H3,(H,18,21)/t13-/m0/s1. The number of carbonyl (C=O) groups excluding carboxylic acids is 1. The van der Waals surface area contributed by atoms with Gasteiger partial charge < -0.3 is 9.88 Å². The maximum absolute atomic E-state index is 12.2. The van der Waals surface area contributed by atoms with Crippen LogP contribution in [0.4, 0.5) is 0 Å². The smallest absolute Gasteiger partial charge is 0.221 e. The molecule has 130 valence electrons. The Labute approximate surface area is 142 Å². The molecular formula is C16H22N4O3S. The van der Waals surface area contributed by atoms with Crippen molar-refractivity contribution in [3.63, 3.8) is 0 Å². The number of nitrogens with zero attached hydrogens (tertiary/aromatic N) is 3. The van der Waals surface area contributed by atoms with Crippen molar-refractivity contribution in [2.45, 2.75) is 44.2 Å². The summed E-state index contributed by atoms with van der Waals surface area (Å²) < 4.78 is 26.2. The molecule has 1 heterocycles. The van der Waals surface area contributed by atoms with Crippen molar-refractivity contribution in [1.82, 2.24) is 20.1 Å². The number of rotatable bonds is 7. The van der Waals surface area contributed by atoms with E-state index in [2.05, 4.69) is 15.5 Å². The van der Waals surface area contributed by atoms with E-state index in [4.69, 9.17) is 0 Å². The van der Waals surface area contributed by atoms with E-state index in [-0.39, 0.29) is 35.1 Å². The van der Waals surface area contributed by atoms with Gasteiger partial charge in [0, 0.05) is 12.5 Å². The molecule has 1 amide bonds. The predicted molar refractivity (Wildman–Crippen MR) is 90.1 cm³/mol. The zero-order valence-corrected chi connectivity index (χ0v) is 14.8. The molecule has 0 saturated heterocycles. The molecule has 2 aromatic rings. The van der Waals surface area contributed by atoms with E-state index in [1.807, 2.05) is 18.4 Å². The molecule has 0 radical (unpaired) electrons. The molecule has 0 spiro atoms. The van der Waals surface area contributed by atoms with Crippen LogP contribution in [0.2, 0.25) is 0 Å². The third kappa shape index (κ3) is 4.41. The molecule has 1 aromatic heterocycles. The number of benzene rings is 1. The lowest BCUT2D eigenvalue weighted by atomic mass is 10.2. The van der Waals surface area contributed by atoms with E-state index < -0.39 is 9.84 Å². The van der Waals surface area contributed by atoms with Gasteiger partial charge in [0.15, 0.2) is 15.7 Å². The third-order valence-corrected chi connectivity index (χ3v) is 5.35. The molecule has 0 aliphatic carbocycles. The molecule has 2 rings (SSSR count). The van der Waals surface area contributed by atoms with Crippen LogP contribution in [0, 0.1) is 0 Å². The summed E-state index contributed by atoms with van der Waals surface area (Å²) in [7, 11) is -3.46. The SMILES string of the molecule is CC(C)n1cnnc1[C@H](C)NC(=O)CCS(=O)(=O)c1ccccc1. The highest BCUT2D eigenvalue weighted by atomic mass is 32.2. The topological polar surface area (TPSA) is 93.9 Å². The number of amides is 1.